The smallest absolute Gasteiger partial charge is 0.265 e. The minimum atomic E-state index is -0.581. The molecule has 0 saturated heterocycles. The summed E-state index contributed by atoms with van der Waals surface area (Å²) in [7, 11) is 0. The summed E-state index contributed by atoms with van der Waals surface area (Å²) in [5.41, 5.74) is 4.00. The molecule has 5 nitrogen and oxygen atoms in total. The average Bonchev–Trinajstić information content (AvgIpc) is 2.83. The van der Waals surface area contributed by atoms with Crippen molar-refractivity contribution in [1.29, 1.82) is 0 Å². The molecule has 0 aliphatic carbocycles. The lowest BCUT2D eigenvalue weighted by atomic mass is 10.2. The van der Waals surface area contributed by atoms with Gasteiger partial charge in [-0.25, -0.2) is 4.98 Å². The molecule has 3 aromatic rings. The molecule has 0 radical (unpaired) electrons. The summed E-state index contributed by atoms with van der Waals surface area (Å²) in [5, 5.41) is 2.94. The van der Waals surface area contributed by atoms with Crippen LogP contribution in [0.25, 0.3) is 11.0 Å². The highest BCUT2D eigenvalue weighted by molar-refractivity contribution is 5.95. The second-order valence-corrected chi connectivity index (χ2v) is 7.26. The third kappa shape index (κ3) is 3.82. The largest absolute Gasteiger partial charge is 0.481 e. The van der Waals surface area contributed by atoms with Crippen molar-refractivity contribution in [2.75, 3.05) is 5.32 Å². The Bertz CT molecular complexity index is 960. The summed E-state index contributed by atoms with van der Waals surface area (Å²) in [6.45, 7) is 4.80. The van der Waals surface area contributed by atoms with Gasteiger partial charge in [0.2, 0.25) is 0 Å². The number of anilines is 1. The van der Waals surface area contributed by atoms with Crippen LogP contribution in [0.15, 0.2) is 42.5 Å². The SMILES string of the molecule is Cc1ccc(OC(C)C(=O)Nc2ccc3c(c2)nc2n3CCCCC2)cc1. The van der Waals surface area contributed by atoms with Gasteiger partial charge in [0, 0.05) is 18.7 Å². The lowest BCUT2D eigenvalue weighted by Crippen LogP contribution is -2.30. The van der Waals surface area contributed by atoms with E-state index in [1.165, 1.54) is 19.3 Å². The van der Waals surface area contributed by atoms with Crippen molar-refractivity contribution in [2.24, 2.45) is 0 Å². The van der Waals surface area contributed by atoms with Gasteiger partial charge in [0.05, 0.1) is 11.0 Å². The van der Waals surface area contributed by atoms with Crippen LogP contribution in [-0.4, -0.2) is 21.6 Å². The molecule has 1 aliphatic rings. The van der Waals surface area contributed by atoms with Gasteiger partial charge in [0.1, 0.15) is 11.6 Å². The highest BCUT2D eigenvalue weighted by atomic mass is 16.5. The number of nitrogens with zero attached hydrogens (tertiary/aromatic N) is 2. The molecular weight excluding hydrogens is 338 g/mol. The summed E-state index contributed by atoms with van der Waals surface area (Å²) < 4.78 is 8.06. The van der Waals surface area contributed by atoms with Crippen LogP contribution >= 0.6 is 0 Å². The molecule has 2 heterocycles. The standard InChI is InChI=1S/C22H25N3O2/c1-15-7-10-18(11-8-15)27-16(2)22(26)23-17-9-12-20-19(14-17)24-21-6-4-3-5-13-25(20)21/h7-12,14,16H,3-6,13H2,1-2H3,(H,23,26). The maximum atomic E-state index is 12.5. The summed E-state index contributed by atoms with van der Waals surface area (Å²) in [6, 6.07) is 13.6. The van der Waals surface area contributed by atoms with Gasteiger partial charge in [0.15, 0.2) is 6.10 Å². The first-order valence-electron chi connectivity index (χ1n) is 9.63. The maximum absolute atomic E-state index is 12.5. The molecule has 0 spiro atoms. The van der Waals surface area contributed by atoms with Crippen LogP contribution in [0.2, 0.25) is 0 Å². The fourth-order valence-electron chi connectivity index (χ4n) is 3.55. The number of benzene rings is 2. The van der Waals surface area contributed by atoms with E-state index >= 15 is 0 Å². The second-order valence-electron chi connectivity index (χ2n) is 7.26. The molecule has 1 unspecified atom stereocenters. The predicted octanol–water partition coefficient (Wildman–Crippen LogP) is 4.48. The first-order valence-corrected chi connectivity index (χ1v) is 9.63. The zero-order valence-electron chi connectivity index (χ0n) is 15.9. The van der Waals surface area contributed by atoms with E-state index < -0.39 is 6.10 Å². The van der Waals surface area contributed by atoms with Gasteiger partial charge in [-0.05, 0) is 57.0 Å². The van der Waals surface area contributed by atoms with E-state index in [0.29, 0.717) is 5.75 Å². The molecule has 4 rings (SSSR count). The highest BCUT2D eigenvalue weighted by Crippen LogP contribution is 2.24. The van der Waals surface area contributed by atoms with Gasteiger partial charge in [-0.1, -0.05) is 24.1 Å². The minimum absolute atomic E-state index is 0.171. The van der Waals surface area contributed by atoms with Gasteiger partial charge < -0.3 is 14.6 Å². The van der Waals surface area contributed by atoms with Crippen LogP contribution in [0.3, 0.4) is 0 Å². The fraction of sp³-hybridized carbons (Fsp3) is 0.364. The Morgan fingerprint density at radius 1 is 1.15 bits per heavy atom. The normalized spacial score (nSPS) is 15.0. The summed E-state index contributed by atoms with van der Waals surface area (Å²) >= 11 is 0. The van der Waals surface area contributed by atoms with E-state index in [2.05, 4.69) is 16.0 Å². The number of amides is 1. The van der Waals surface area contributed by atoms with Crippen LogP contribution < -0.4 is 10.1 Å². The molecule has 1 atom stereocenters. The van der Waals surface area contributed by atoms with Gasteiger partial charge >= 0.3 is 0 Å². The number of imidazole rings is 1. The van der Waals surface area contributed by atoms with Crippen LogP contribution in [0.4, 0.5) is 5.69 Å². The van der Waals surface area contributed by atoms with E-state index in [4.69, 9.17) is 9.72 Å². The number of hydrogen-bond donors (Lipinski definition) is 1. The number of aromatic nitrogens is 2. The zero-order chi connectivity index (χ0) is 18.8. The van der Waals surface area contributed by atoms with Crippen molar-refractivity contribution < 1.29 is 9.53 Å². The Labute approximate surface area is 159 Å². The minimum Gasteiger partial charge on any atom is -0.481 e. The molecular formula is C22H25N3O2. The van der Waals surface area contributed by atoms with E-state index in [1.54, 1.807) is 6.92 Å². The van der Waals surface area contributed by atoms with E-state index in [-0.39, 0.29) is 5.91 Å². The molecule has 0 bridgehead atoms. The van der Waals surface area contributed by atoms with Gasteiger partial charge in [-0.2, -0.15) is 0 Å². The molecule has 2 aromatic carbocycles. The number of carbonyl (C=O) groups excluding carboxylic acids is 1. The van der Waals surface area contributed by atoms with Crippen molar-refractivity contribution in [3.63, 3.8) is 0 Å². The fourth-order valence-corrected chi connectivity index (χ4v) is 3.55. The summed E-state index contributed by atoms with van der Waals surface area (Å²) in [4.78, 5) is 17.3. The number of nitrogens with one attached hydrogen (secondary N) is 1. The molecule has 140 valence electrons. The molecule has 0 saturated carbocycles. The Morgan fingerprint density at radius 3 is 2.78 bits per heavy atom. The second kappa shape index (κ2) is 7.43. The predicted molar refractivity (Wildman–Crippen MR) is 107 cm³/mol. The molecule has 27 heavy (non-hydrogen) atoms. The molecule has 1 aliphatic heterocycles. The van der Waals surface area contributed by atoms with Crippen LogP contribution in [0.5, 0.6) is 5.75 Å². The lowest BCUT2D eigenvalue weighted by molar-refractivity contribution is -0.122. The number of ether oxygens (including phenoxy) is 1. The molecule has 1 amide bonds. The number of carbonyl (C=O) groups is 1. The molecule has 0 fully saturated rings. The number of aryl methyl sites for hydroxylation is 3. The average molecular weight is 363 g/mol. The van der Waals surface area contributed by atoms with E-state index in [0.717, 1.165) is 41.1 Å². The van der Waals surface area contributed by atoms with E-state index in [9.17, 15) is 4.79 Å². The van der Waals surface area contributed by atoms with Crippen molar-refractivity contribution >= 4 is 22.6 Å². The monoisotopic (exact) mass is 363 g/mol. The van der Waals surface area contributed by atoms with Gasteiger partial charge in [-0.3, -0.25) is 4.79 Å². The Hall–Kier alpha value is -2.82. The van der Waals surface area contributed by atoms with E-state index in [1.807, 2.05) is 43.3 Å². The van der Waals surface area contributed by atoms with Crippen LogP contribution in [0, 0.1) is 6.92 Å². The molecule has 5 heteroatoms. The first kappa shape index (κ1) is 17.6. The zero-order valence-corrected chi connectivity index (χ0v) is 15.9. The van der Waals surface area contributed by atoms with Crippen molar-refractivity contribution in [3.05, 3.63) is 53.9 Å². The van der Waals surface area contributed by atoms with Gasteiger partial charge in [0.25, 0.3) is 5.91 Å². The molecule has 1 N–H and O–H groups in total. The highest BCUT2D eigenvalue weighted by Gasteiger charge is 2.17. The lowest BCUT2D eigenvalue weighted by Gasteiger charge is -2.15. The Kier molecular flexibility index (Phi) is 4.84. The Balaban J connectivity index is 1.47. The summed E-state index contributed by atoms with van der Waals surface area (Å²) in [5.74, 6) is 1.68. The topological polar surface area (TPSA) is 56.1 Å². The first-order chi connectivity index (χ1) is 13.1. The van der Waals surface area contributed by atoms with Gasteiger partial charge in [-0.15, -0.1) is 0 Å². The van der Waals surface area contributed by atoms with Crippen LogP contribution in [-0.2, 0) is 17.8 Å². The quantitative estimate of drug-likeness (QED) is 0.744. The van der Waals surface area contributed by atoms with Crippen molar-refractivity contribution in [3.8, 4) is 5.75 Å². The molecule has 1 aromatic heterocycles. The van der Waals surface area contributed by atoms with Crippen LogP contribution in [0.1, 0.15) is 37.6 Å². The number of fused-ring (bicyclic) bond motifs is 3. The van der Waals surface area contributed by atoms with Crippen molar-refractivity contribution in [2.45, 2.75) is 52.2 Å². The number of rotatable bonds is 4. The summed E-state index contributed by atoms with van der Waals surface area (Å²) in [6.07, 6.45) is 4.10. The third-order valence-electron chi connectivity index (χ3n) is 5.08. The number of hydrogen-bond acceptors (Lipinski definition) is 3. The maximum Gasteiger partial charge on any atom is 0.265 e. The Morgan fingerprint density at radius 2 is 1.96 bits per heavy atom. The third-order valence-corrected chi connectivity index (χ3v) is 5.08. The van der Waals surface area contributed by atoms with Crippen molar-refractivity contribution in [1.82, 2.24) is 9.55 Å².